The summed E-state index contributed by atoms with van der Waals surface area (Å²) in [5.41, 5.74) is 3.72. The van der Waals surface area contributed by atoms with Crippen molar-refractivity contribution in [2.24, 2.45) is 7.05 Å². The number of aryl methyl sites for hydroxylation is 1. The number of hydrogen-bond donors (Lipinski definition) is 2. The summed E-state index contributed by atoms with van der Waals surface area (Å²) >= 11 is 0. The smallest absolute Gasteiger partial charge is 0.417 e. The van der Waals surface area contributed by atoms with Gasteiger partial charge in [-0.2, -0.15) is 0 Å². The Bertz CT molecular complexity index is 1390. The molecule has 0 unspecified atom stereocenters. The summed E-state index contributed by atoms with van der Waals surface area (Å²) in [7, 11) is 1.68. The van der Waals surface area contributed by atoms with Crippen LogP contribution < -0.4 is 10.9 Å². The van der Waals surface area contributed by atoms with Gasteiger partial charge in [0.2, 0.25) is 5.95 Å². The van der Waals surface area contributed by atoms with E-state index < -0.39 is 6.09 Å². The third-order valence-electron chi connectivity index (χ3n) is 5.29. The third-order valence-corrected chi connectivity index (χ3v) is 5.29. The van der Waals surface area contributed by atoms with Crippen molar-refractivity contribution in [3.63, 3.8) is 0 Å². The Morgan fingerprint density at radius 2 is 1.97 bits per heavy atom. The molecule has 4 rings (SSSR count). The number of fused-ring (bicyclic) bond motifs is 1. The third kappa shape index (κ3) is 3.84. The highest BCUT2D eigenvalue weighted by Gasteiger charge is 2.16. The number of carbonyl (C=O) groups is 1. The van der Waals surface area contributed by atoms with Crippen LogP contribution in [0, 0.1) is 6.92 Å². The molecule has 0 saturated carbocycles. The predicted octanol–water partition coefficient (Wildman–Crippen LogP) is 3.44. The standard InChI is InChI=1S/C23H24N6O3/c1-13(2)26-22-25-11-18(21(30)28(22)4)19-8-7-15(14(3)27-19)10-16-12-29(23(31)32)20-17(16)6-5-9-24-20/h5-9,11-13H,10H2,1-4H3,(H,25,26)(H,31,32). The fourth-order valence-electron chi connectivity index (χ4n) is 3.66. The zero-order valence-corrected chi connectivity index (χ0v) is 18.3. The molecular formula is C23H24N6O3. The number of nitrogens with zero attached hydrogens (tertiary/aromatic N) is 5. The molecule has 0 atom stereocenters. The van der Waals surface area contributed by atoms with Crippen LogP contribution in [0.1, 0.15) is 30.7 Å². The molecule has 32 heavy (non-hydrogen) atoms. The first kappa shape index (κ1) is 21.2. The maximum Gasteiger partial charge on any atom is 0.417 e. The summed E-state index contributed by atoms with van der Waals surface area (Å²) in [6.45, 7) is 5.83. The van der Waals surface area contributed by atoms with Crippen molar-refractivity contribution >= 4 is 23.1 Å². The largest absolute Gasteiger partial charge is 0.464 e. The average Bonchev–Trinajstić information content (AvgIpc) is 3.12. The quantitative estimate of drug-likeness (QED) is 0.496. The van der Waals surface area contributed by atoms with Crippen molar-refractivity contribution < 1.29 is 9.90 Å². The Morgan fingerprint density at radius 3 is 2.66 bits per heavy atom. The topological polar surface area (TPSA) is 115 Å². The molecule has 0 radical (unpaired) electrons. The molecule has 0 saturated heterocycles. The van der Waals surface area contributed by atoms with Gasteiger partial charge in [-0.3, -0.25) is 14.3 Å². The van der Waals surface area contributed by atoms with Crippen LogP contribution in [-0.2, 0) is 13.5 Å². The highest BCUT2D eigenvalue weighted by molar-refractivity contribution is 5.88. The van der Waals surface area contributed by atoms with Gasteiger partial charge < -0.3 is 10.4 Å². The summed E-state index contributed by atoms with van der Waals surface area (Å²) in [6.07, 6.45) is 4.12. The van der Waals surface area contributed by atoms with Gasteiger partial charge in [-0.15, -0.1) is 0 Å². The van der Waals surface area contributed by atoms with E-state index in [-0.39, 0.29) is 11.6 Å². The molecule has 0 amide bonds. The van der Waals surface area contributed by atoms with Crippen LogP contribution in [0.3, 0.4) is 0 Å². The molecule has 2 N–H and O–H groups in total. The van der Waals surface area contributed by atoms with Crippen molar-refractivity contribution in [2.45, 2.75) is 33.2 Å². The first-order valence-corrected chi connectivity index (χ1v) is 10.2. The molecule has 9 nitrogen and oxygen atoms in total. The Morgan fingerprint density at radius 1 is 1.19 bits per heavy atom. The summed E-state index contributed by atoms with van der Waals surface area (Å²) in [6, 6.07) is 7.51. The minimum Gasteiger partial charge on any atom is -0.464 e. The average molecular weight is 432 g/mol. The molecule has 0 aromatic carbocycles. The number of hydrogen-bond acceptors (Lipinski definition) is 6. The molecular weight excluding hydrogens is 408 g/mol. The zero-order chi connectivity index (χ0) is 23.0. The number of nitrogens with one attached hydrogen (secondary N) is 1. The van der Waals surface area contributed by atoms with E-state index >= 15 is 0 Å². The van der Waals surface area contributed by atoms with Gasteiger partial charge in [0, 0.05) is 49.2 Å². The number of aromatic nitrogens is 5. The number of carboxylic acid groups (broad SMARTS) is 1. The molecule has 4 heterocycles. The van der Waals surface area contributed by atoms with Crippen LogP contribution in [0.25, 0.3) is 22.3 Å². The maximum absolute atomic E-state index is 12.8. The normalized spacial score (nSPS) is 11.3. The first-order valence-electron chi connectivity index (χ1n) is 10.2. The van der Waals surface area contributed by atoms with E-state index in [2.05, 4.69) is 20.3 Å². The van der Waals surface area contributed by atoms with E-state index in [4.69, 9.17) is 0 Å². The second-order valence-electron chi connectivity index (χ2n) is 7.96. The van der Waals surface area contributed by atoms with E-state index in [0.29, 0.717) is 29.3 Å². The van der Waals surface area contributed by atoms with E-state index in [1.54, 1.807) is 37.8 Å². The Labute approximate surface area is 184 Å². The van der Waals surface area contributed by atoms with Crippen molar-refractivity contribution in [1.82, 2.24) is 24.1 Å². The minimum absolute atomic E-state index is 0.154. The van der Waals surface area contributed by atoms with Gasteiger partial charge >= 0.3 is 6.09 Å². The molecule has 0 fully saturated rings. The SMILES string of the molecule is Cc1nc(-c2cnc(NC(C)C)n(C)c2=O)ccc1Cc1cn(C(=O)O)c2ncccc12. The molecule has 164 valence electrons. The van der Waals surface area contributed by atoms with Crippen molar-refractivity contribution in [1.29, 1.82) is 0 Å². The van der Waals surface area contributed by atoms with Gasteiger partial charge in [-0.1, -0.05) is 6.07 Å². The second-order valence-corrected chi connectivity index (χ2v) is 7.96. The first-order chi connectivity index (χ1) is 15.3. The monoisotopic (exact) mass is 432 g/mol. The van der Waals surface area contributed by atoms with Crippen LogP contribution in [0.5, 0.6) is 0 Å². The fourth-order valence-corrected chi connectivity index (χ4v) is 3.66. The van der Waals surface area contributed by atoms with E-state index in [9.17, 15) is 14.7 Å². The molecule has 0 spiro atoms. The van der Waals surface area contributed by atoms with Crippen LogP contribution in [-0.4, -0.2) is 41.3 Å². The second kappa shape index (κ2) is 8.26. The molecule has 0 aliphatic carbocycles. The van der Waals surface area contributed by atoms with Crippen molar-refractivity contribution in [2.75, 3.05) is 5.32 Å². The Balaban J connectivity index is 1.69. The number of anilines is 1. The molecule has 0 aliphatic heterocycles. The minimum atomic E-state index is -1.08. The molecule has 0 bridgehead atoms. The lowest BCUT2D eigenvalue weighted by atomic mass is 10.0. The summed E-state index contributed by atoms with van der Waals surface area (Å²) in [4.78, 5) is 37.6. The number of rotatable bonds is 5. The van der Waals surface area contributed by atoms with Gasteiger partial charge in [0.05, 0.1) is 11.3 Å². The lowest BCUT2D eigenvalue weighted by Gasteiger charge is -2.14. The summed E-state index contributed by atoms with van der Waals surface area (Å²) in [5.74, 6) is 0.505. The summed E-state index contributed by atoms with van der Waals surface area (Å²) in [5, 5.41) is 13.4. The lowest BCUT2D eigenvalue weighted by molar-refractivity contribution is 0.197. The van der Waals surface area contributed by atoms with Gasteiger partial charge in [-0.25, -0.2) is 19.3 Å². The van der Waals surface area contributed by atoms with Gasteiger partial charge in [0.1, 0.15) is 5.65 Å². The van der Waals surface area contributed by atoms with E-state index in [0.717, 1.165) is 26.8 Å². The zero-order valence-electron chi connectivity index (χ0n) is 18.3. The van der Waals surface area contributed by atoms with Crippen LogP contribution in [0.4, 0.5) is 10.7 Å². The molecule has 9 heteroatoms. The number of pyridine rings is 2. The Kier molecular flexibility index (Phi) is 5.48. The lowest BCUT2D eigenvalue weighted by Crippen LogP contribution is -2.25. The van der Waals surface area contributed by atoms with Gasteiger partial charge in [-0.05, 0) is 50.1 Å². The van der Waals surface area contributed by atoms with Crippen molar-refractivity contribution in [3.8, 4) is 11.3 Å². The van der Waals surface area contributed by atoms with Gasteiger partial charge in [0.15, 0.2) is 0 Å². The molecule has 0 aliphatic rings. The van der Waals surface area contributed by atoms with Gasteiger partial charge in [0.25, 0.3) is 5.56 Å². The maximum atomic E-state index is 12.8. The fraction of sp³-hybridized carbons (Fsp3) is 0.261. The van der Waals surface area contributed by atoms with Crippen LogP contribution in [0.2, 0.25) is 0 Å². The highest BCUT2D eigenvalue weighted by atomic mass is 16.4. The van der Waals surface area contributed by atoms with E-state index in [1.807, 2.05) is 32.9 Å². The van der Waals surface area contributed by atoms with Crippen LogP contribution in [0.15, 0.2) is 47.7 Å². The highest BCUT2D eigenvalue weighted by Crippen LogP contribution is 2.24. The van der Waals surface area contributed by atoms with E-state index in [1.165, 1.54) is 4.57 Å². The Hall–Kier alpha value is -4.01. The predicted molar refractivity (Wildman–Crippen MR) is 122 cm³/mol. The molecule has 4 aromatic heterocycles. The summed E-state index contributed by atoms with van der Waals surface area (Å²) < 4.78 is 2.61. The van der Waals surface area contributed by atoms with Crippen LogP contribution >= 0.6 is 0 Å². The van der Waals surface area contributed by atoms with Crippen molar-refractivity contribution in [3.05, 3.63) is 70.0 Å². The molecule has 4 aromatic rings.